The Kier molecular flexibility index (Phi) is 5.05. The Bertz CT molecular complexity index is 147. The summed E-state index contributed by atoms with van der Waals surface area (Å²) in [6.45, 7) is -0.782. The average molecular weight is 162 g/mol. The lowest BCUT2D eigenvalue weighted by Crippen LogP contribution is -2.36. The Balaban J connectivity index is 3.30. The molecule has 0 rings (SSSR count). The summed E-state index contributed by atoms with van der Waals surface area (Å²) in [5.74, 6) is -1.55. The molecular weight excluding hydrogens is 152 g/mol. The molecule has 6 nitrogen and oxygen atoms in total. The van der Waals surface area contributed by atoms with Crippen molar-refractivity contribution in [3.63, 3.8) is 0 Å². The van der Waals surface area contributed by atoms with Crippen LogP contribution in [0.1, 0.15) is 0 Å². The number of carbonyl (C=O) groups is 2. The van der Waals surface area contributed by atoms with Crippen molar-refractivity contribution in [2.75, 3.05) is 19.8 Å². The molecule has 11 heavy (non-hydrogen) atoms. The first kappa shape index (κ1) is 9.86. The van der Waals surface area contributed by atoms with E-state index in [0.29, 0.717) is 0 Å². The maximum absolute atomic E-state index is 10.6. The molecule has 0 spiro atoms. The second-order valence-corrected chi connectivity index (χ2v) is 1.76. The van der Waals surface area contributed by atoms with Crippen LogP contribution in [0.3, 0.4) is 0 Å². The van der Waals surface area contributed by atoms with Crippen LogP contribution < -0.4 is 10.6 Å². The van der Waals surface area contributed by atoms with Crippen LogP contribution in [0, 0.1) is 0 Å². The highest BCUT2D eigenvalue weighted by Crippen LogP contribution is 1.64. The molecule has 6 heteroatoms. The summed E-state index contributed by atoms with van der Waals surface area (Å²) in [6, 6.07) is 0. The van der Waals surface area contributed by atoms with Crippen molar-refractivity contribution in [3.8, 4) is 0 Å². The molecule has 0 saturated heterocycles. The zero-order valence-corrected chi connectivity index (χ0v) is 5.83. The fourth-order valence-electron chi connectivity index (χ4n) is 0.406. The minimum absolute atomic E-state index is 0.0796. The first-order chi connectivity index (χ1) is 5.16. The molecule has 64 valence electrons. The summed E-state index contributed by atoms with van der Waals surface area (Å²) < 4.78 is 0. The standard InChI is InChI=1S/C5H10N2O4/c8-3-6-1-4(9)7-2-5(10)11/h6,8H,1-3H2,(H,7,9)(H,10,11). The van der Waals surface area contributed by atoms with Gasteiger partial charge in [0.25, 0.3) is 0 Å². The molecule has 0 heterocycles. The van der Waals surface area contributed by atoms with Crippen LogP contribution in [0.2, 0.25) is 0 Å². The Hall–Kier alpha value is -1.14. The van der Waals surface area contributed by atoms with Gasteiger partial charge in [-0.15, -0.1) is 0 Å². The minimum Gasteiger partial charge on any atom is -0.480 e. The summed E-state index contributed by atoms with van der Waals surface area (Å²) in [5.41, 5.74) is 0. The van der Waals surface area contributed by atoms with Gasteiger partial charge in [-0.2, -0.15) is 0 Å². The van der Waals surface area contributed by atoms with Gasteiger partial charge in [-0.05, 0) is 0 Å². The van der Waals surface area contributed by atoms with Crippen LogP contribution in [-0.4, -0.2) is 41.9 Å². The van der Waals surface area contributed by atoms with Crippen LogP contribution in [0.25, 0.3) is 0 Å². The number of amides is 1. The van der Waals surface area contributed by atoms with Crippen LogP contribution >= 0.6 is 0 Å². The van der Waals surface area contributed by atoms with Crippen molar-refractivity contribution in [3.05, 3.63) is 0 Å². The van der Waals surface area contributed by atoms with Crippen molar-refractivity contribution in [1.82, 2.24) is 10.6 Å². The van der Waals surface area contributed by atoms with E-state index >= 15 is 0 Å². The molecule has 0 unspecified atom stereocenters. The van der Waals surface area contributed by atoms with E-state index in [9.17, 15) is 9.59 Å². The molecular formula is C5H10N2O4. The second-order valence-electron chi connectivity index (χ2n) is 1.76. The van der Waals surface area contributed by atoms with Crippen LogP contribution in [0.15, 0.2) is 0 Å². The molecule has 0 fully saturated rings. The van der Waals surface area contributed by atoms with E-state index in [-0.39, 0.29) is 13.3 Å². The lowest BCUT2D eigenvalue weighted by molar-refractivity contribution is -0.137. The lowest BCUT2D eigenvalue weighted by Gasteiger charge is -2.00. The number of carboxylic acid groups (broad SMARTS) is 1. The third-order valence-electron chi connectivity index (χ3n) is 0.834. The first-order valence-corrected chi connectivity index (χ1v) is 2.97. The van der Waals surface area contributed by atoms with E-state index in [1.807, 2.05) is 0 Å². The Morgan fingerprint density at radius 1 is 1.27 bits per heavy atom. The number of carbonyl (C=O) groups excluding carboxylic acids is 1. The molecule has 0 radical (unpaired) electrons. The van der Waals surface area contributed by atoms with Crippen LogP contribution in [0.4, 0.5) is 0 Å². The summed E-state index contributed by atoms with van der Waals surface area (Å²) in [5, 5.41) is 20.7. The quantitative estimate of drug-likeness (QED) is 0.341. The monoisotopic (exact) mass is 162 g/mol. The number of aliphatic carboxylic acids is 1. The van der Waals surface area contributed by atoms with Crippen LogP contribution in [0.5, 0.6) is 0 Å². The zero-order chi connectivity index (χ0) is 8.69. The fraction of sp³-hybridized carbons (Fsp3) is 0.600. The topological polar surface area (TPSA) is 98.7 Å². The Labute approximate surface area is 63.2 Å². The van der Waals surface area contributed by atoms with Gasteiger partial charge in [0.15, 0.2) is 0 Å². The van der Waals surface area contributed by atoms with Gasteiger partial charge < -0.3 is 15.5 Å². The van der Waals surface area contributed by atoms with E-state index in [1.165, 1.54) is 0 Å². The van der Waals surface area contributed by atoms with Gasteiger partial charge in [-0.3, -0.25) is 14.9 Å². The Morgan fingerprint density at radius 2 is 1.91 bits per heavy atom. The molecule has 4 N–H and O–H groups in total. The largest absolute Gasteiger partial charge is 0.480 e. The average Bonchev–Trinajstić information content (AvgIpc) is 1.97. The number of carboxylic acids is 1. The first-order valence-electron chi connectivity index (χ1n) is 2.97. The molecule has 1 amide bonds. The van der Waals surface area contributed by atoms with E-state index in [4.69, 9.17) is 10.2 Å². The van der Waals surface area contributed by atoms with Crippen molar-refractivity contribution >= 4 is 11.9 Å². The molecule has 0 bridgehead atoms. The summed E-state index contributed by atoms with van der Waals surface area (Å²) in [6.07, 6.45) is 0. The van der Waals surface area contributed by atoms with Crippen molar-refractivity contribution in [2.24, 2.45) is 0 Å². The lowest BCUT2D eigenvalue weighted by atomic mass is 10.5. The molecule has 0 aromatic carbocycles. The maximum Gasteiger partial charge on any atom is 0.322 e. The predicted octanol–water partition coefficient (Wildman–Crippen LogP) is -2.27. The van der Waals surface area contributed by atoms with Gasteiger partial charge in [-0.1, -0.05) is 0 Å². The number of rotatable bonds is 5. The molecule has 0 aliphatic rings. The zero-order valence-electron chi connectivity index (χ0n) is 5.83. The number of aliphatic hydroxyl groups excluding tert-OH is 1. The Morgan fingerprint density at radius 3 is 2.36 bits per heavy atom. The van der Waals surface area contributed by atoms with Gasteiger partial charge in [0, 0.05) is 0 Å². The summed E-state index contributed by atoms with van der Waals surface area (Å²) in [4.78, 5) is 20.5. The summed E-state index contributed by atoms with van der Waals surface area (Å²) in [7, 11) is 0. The molecule has 0 aromatic heterocycles. The second kappa shape index (κ2) is 5.63. The molecule has 0 aromatic rings. The third-order valence-corrected chi connectivity index (χ3v) is 0.834. The third kappa shape index (κ3) is 6.75. The maximum atomic E-state index is 10.6. The molecule has 0 atom stereocenters. The highest BCUT2D eigenvalue weighted by molar-refractivity contribution is 5.82. The van der Waals surface area contributed by atoms with Gasteiger partial charge >= 0.3 is 5.97 Å². The predicted molar refractivity (Wildman–Crippen MR) is 35.7 cm³/mol. The SMILES string of the molecule is O=C(O)CNC(=O)CNCO. The van der Waals surface area contributed by atoms with E-state index < -0.39 is 18.4 Å². The molecule has 0 aliphatic carbocycles. The number of aliphatic hydroxyl groups is 1. The van der Waals surface area contributed by atoms with E-state index in [1.54, 1.807) is 0 Å². The summed E-state index contributed by atoms with van der Waals surface area (Å²) >= 11 is 0. The number of hydrogen-bond donors (Lipinski definition) is 4. The number of nitrogens with one attached hydrogen (secondary N) is 2. The minimum atomic E-state index is -1.10. The van der Waals surface area contributed by atoms with Crippen molar-refractivity contribution in [2.45, 2.75) is 0 Å². The van der Waals surface area contributed by atoms with Crippen molar-refractivity contribution < 1.29 is 19.8 Å². The van der Waals surface area contributed by atoms with Gasteiger partial charge in [0.05, 0.1) is 13.3 Å². The van der Waals surface area contributed by atoms with Gasteiger partial charge in [0.2, 0.25) is 5.91 Å². The van der Waals surface area contributed by atoms with E-state index in [0.717, 1.165) is 0 Å². The highest BCUT2D eigenvalue weighted by atomic mass is 16.4. The van der Waals surface area contributed by atoms with Crippen LogP contribution in [-0.2, 0) is 9.59 Å². The molecule has 0 aliphatic heterocycles. The highest BCUT2D eigenvalue weighted by Gasteiger charge is 2.01. The van der Waals surface area contributed by atoms with Gasteiger partial charge in [0.1, 0.15) is 6.54 Å². The molecule has 0 saturated carbocycles. The fourth-order valence-corrected chi connectivity index (χ4v) is 0.406. The van der Waals surface area contributed by atoms with E-state index in [2.05, 4.69) is 10.6 Å². The normalized spacial score (nSPS) is 9.18. The van der Waals surface area contributed by atoms with Gasteiger partial charge in [-0.25, -0.2) is 0 Å². The number of hydrogen-bond acceptors (Lipinski definition) is 4. The smallest absolute Gasteiger partial charge is 0.322 e. The van der Waals surface area contributed by atoms with Crippen molar-refractivity contribution in [1.29, 1.82) is 0 Å².